The highest BCUT2D eigenvalue weighted by Gasteiger charge is 2.45. The second-order valence-electron chi connectivity index (χ2n) is 24.9. The Morgan fingerprint density at radius 3 is 2.10 bits per heavy atom. The van der Waals surface area contributed by atoms with Gasteiger partial charge in [-0.05, 0) is 107 Å². The summed E-state index contributed by atoms with van der Waals surface area (Å²) in [5.74, 6) is 1.18. The lowest BCUT2D eigenvalue weighted by Gasteiger charge is -2.36. The Labute approximate surface area is 489 Å². The highest BCUT2D eigenvalue weighted by atomic mass is 32.2. The van der Waals surface area contributed by atoms with Crippen molar-refractivity contribution in [3.63, 3.8) is 0 Å². The van der Waals surface area contributed by atoms with Crippen molar-refractivity contribution in [3.05, 3.63) is 0 Å². The Balaban J connectivity index is 0.715. The number of amides is 6. The largest absolute Gasteiger partial charge is 0.391 e. The normalized spacial score (nSPS) is 30.4. The predicted octanol–water partition coefficient (Wildman–Crippen LogP) is 1.89. The maximum absolute atomic E-state index is 14.0. The van der Waals surface area contributed by atoms with Crippen LogP contribution in [0.25, 0.3) is 0 Å². The number of likely N-dealkylation sites (tertiary alicyclic amines) is 1. The molecule has 4 heterocycles. The van der Waals surface area contributed by atoms with Crippen LogP contribution < -0.4 is 37.2 Å². The molecule has 7 aliphatic rings. The number of sulfonamides is 1. The molecule has 3 saturated carbocycles. The first-order valence-corrected chi connectivity index (χ1v) is 34.1. The van der Waals surface area contributed by atoms with Gasteiger partial charge in [0, 0.05) is 80.6 Å². The molecule has 3 aliphatic carbocycles. The number of carbonyl (C=O) groups is 6. The van der Waals surface area contributed by atoms with Crippen molar-refractivity contribution in [1.29, 1.82) is 0 Å². The third kappa shape index (κ3) is 20.4. The third-order valence-electron chi connectivity index (χ3n) is 17.7. The maximum atomic E-state index is 14.0. The number of β-amino-alcohol motifs (C(OH)–C–C–N with tert-alkyl or cyclic N) is 1. The molecule has 4 aliphatic heterocycles. The average molecular weight is 1200 g/mol. The van der Waals surface area contributed by atoms with Gasteiger partial charge in [-0.3, -0.25) is 34.1 Å². The molecule has 8 N–H and O–H groups in total. The number of aliphatic hydroxyl groups is 1. The monoisotopic (exact) mass is 1200 g/mol. The molecule has 0 aromatic rings. The summed E-state index contributed by atoms with van der Waals surface area (Å²) in [4.78, 5) is 82.1. The number of rotatable bonds is 28. The van der Waals surface area contributed by atoms with Crippen LogP contribution in [-0.4, -0.2) is 209 Å². The lowest BCUT2D eigenvalue weighted by Crippen LogP contribution is -2.58. The minimum absolute atomic E-state index is 0.0133. The van der Waals surface area contributed by atoms with Gasteiger partial charge in [-0.2, -0.15) is 0 Å². The summed E-state index contributed by atoms with van der Waals surface area (Å²) in [6.07, 6.45) is 14.3. The van der Waals surface area contributed by atoms with E-state index in [2.05, 4.69) is 44.1 Å². The van der Waals surface area contributed by atoms with E-state index in [4.69, 9.17) is 18.9 Å². The van der Waals surface area contributed by atoms with Crippen molar-refractivity contribution in [3.8, 4) is 0 Å². The van der Waals surface area contributed by atoms with E-state index in [0.29, 0.717) is 87.3 Å². The number of aliphatic hydroxyl groups excluding tert-OH is 1. The second-order valence-corrected chi connectivity index (χ2v) is 29.2. The molecule has 7 rings (SSSR count). The van der Waals surface area contributed by atoms with Gasteiger partial charge < -0.3 is 60.9 Å². The second kappa shape index (κ2) is 32.0. The first kappa shape index (κ1) is 65.7. The van der Waals surface area contributed by atoms with E-state index in [1.807, 2.05) is 32.5 Å². The van der Waals surface area contributed by atoms with Crippen LogP contribution in [0.15, 0.2) is 0 Å². The molecule has 9 atom stereocenters. The number of nitrogens with one attached hydrogen (secondary N) is 7. The number of carbonyl (C=O) groups excluding carboxylic acids is 6. The standard InChI is InChI=1S/C56H97N9O13S3/c1-36-48(80-35-59-36)40-15-11-37(12-16-40)28-58-53(71)46-27-43(66)30-65(46)54(72)49(56(2,3)4)62-47(67)33-77-26-25-76-24-23-75-22-20-57-50(68)41-17-13-38(14-18-41)31-78-32-44(60-51(69)42-19-21-64(29-42)81(5,73)74)52(70)63-55-61-45(34-79-55)39-9-7-6-8-10-39/h36-46,48-49,55,59,61,66H,6-35H2,1-5H3,(H,57,68)(H,58,71)(H,60,69)(H,62,67)(H,63,70)/t36?,37?,38?,40?,41?,42?,43-,44+,45?,46+,48?,49-,55?/m1/s1. The molecule has 25 heteroatoms. The van der Waals surface area contributed by atoms with E-state index in [9.17, 15) is 42.3 Å². The zero-order valence-electron chi connectivity index (χ0n) is 48.8. The minimum atomic E-state index is -3.43. The van der Waals surface area contributed by atoms with E-state index in [1.165, 1.54) is 41.3 Å². The molecule has 0 radical (unpaired) electrons. The van der Waals surface area contributed by atoms with Gasteiger partial charge in [0.05, 0.1) is 57.9 Å². The van der Waals surface area contributed by atoms with Crippen LogP contribution in [0.5, 0.6) is 0 Å². The molecular weight excluding hydrogens is 1100 g/mol. The fraction of sp³-hybridized carbons (Fsp3) is 0.893. The summed E-state index contributed by atoms with van der Waals surface area (Å²) in [7, 11) is -3.43. The Morgan fingerprint density at radius 2 is 1.43 bits per heavy atom. The first-order chi connectivity index (χ1) is 38.7. The summed E-state index contributed by atoms with van der Waals surface area (Å²) in [6, 6.07) is -1.87. The van der Waals surface area contributed by atoms with Crippen molar-refractivity contribution in [2.75, 3.05) is 103 Å². The number of thioether (sulfide) groups is 2. The molecule has 22 nitrogen and oxygen atoms in total. The topological polar surface area (TPSA) is 284 Å². The highest BCUT2D eigenvalue weighted by Crippen LogP contribution is 2.39. The molecule has 81 heavy (non-hydrogen) atoms. The molecule has 6 amide bonds. The van der Waals surface area contributed by atoms with Crippen molar-refractivity contribution in [2.24, 2.45) is 40.9 Å². The molecule has 4 saturated heterocycles. The van der Waals surface area contributed by atoms with E-state index >= 15 is 0 Å². The average Bonchev–Trinajstić information content (AvgIpc) is 4.29. The van der Waals surface area contributed by atoms with E-state index < -0.39 is 57.4 Å². The van der Waals surface area contributed by atoms with E-state index in [1.54, 1.807) is 11.8 Å². The smallest absolute Gasteiger partial charge is 0.246 e. The molecule has 0 aromatic heterocycles. The fourth-order valence-electron chi connectivity index (χ4n) is 12.8. The number of nitrogens with zero attached hydrogens (tertiary/aromatic N) is 2. The van der Waals surface area contributed by atoms with E-state index in [-0.39, 0.29) is 100 Å². The Hall–Kier alpha value is -2.85. The predicted molar refractivity (Wildman–Crippen MR) is 311 cm³/mol. The van der Waals surface area contributed by atoms with Crippen molar-refractivity contribution in [1.82, 2.24) is 46.4 Å². The van der Waals surface area contributed by atoms with Crippen molar-refractivity contribution >= 4 is 69.0 Å². The summed E-state index contributed by atoms with van der Waals surface area (Å²) >= 11 is 3.67. The van der Waals surface area contributed by atoms with Crippen LogP contribution in [0, 0.1) is 40.9 Å². The molecule has 7 fully saturated rings. The van der Waals surface area contributed by atoms with Crippen LogP contribution in [0.4, 0.5) is 0 Å². The van der Waals surface area contributed by atoms with Gasteiger partial charge >= 0.3 is 0 Å². The molecule has 5 unspecified atom stereocenters. The quantitative estimate of drug-likeness (QED) is 0.0520. The van der Waals surface area contributed by atoms with Crippen molar-refractivity contribution in [2.45, 2.75) is 171 Å². The number of ether oxygens (including phenoxy) is 4. The third-order valence-corrected chi connectivity index (χ3v) is 21.6. The van der Waals surface area contributed by atoms with Crippen LogP contribution in [0.2, 0.25) is 0 Å². The van der Waals surface area contributed by atoms with Crippen LogP contribution in [0.3, 0.4) is 0 Å². The Bertz CT molecular complexity index is 2160. The van der Waals surface area contributed by atoms with Gasteiger partial charge in [0.15, 0.2) is 0 Å². The lowest BCUT2D eigenvalue weighted by molar-refractivity contribution is -0.144. The number of hydrogen-bond donors (Lipinski definition) is 8. The van der Waals surface area contributed by atoms with Gasteiger partial charge in [0.1, 0.15) is 30.2 Å². The van der Waals surface area contributed by atoms with Gasteiger partial charge in [0.25, 0.3) is 0 Å². The number of hydrogen-bond acceptors (Lipinski definition) is 17. The van der Waals surface area contributed by atoms with Gasteiger partial charge in [0.2, 0.25) is 45.5 Å². The summed E-state index contributed by atoms with van der Waals surface area (Å²) in [6.45, 7) is 10.3. The van der Waals surface area contributed by atoms with Crippen LogP contribution in [-0.2, 0) is 57.7 Å². The van der Waals surface area contributed by atoms with Crippen molar-refractivity contribution < 1.29 is 61.2 Å². The van der Waals surface area contributed by atoms with E-state index in [0.717, 1.165) is 56.4 Å². The summed E-state index contributed by atoms with van der Waals surface area (Å²) < 4.78 is 48.5. The van der Waals surface area contributed by atoms with Crippen LogP contribution in [0.1, 0.15) is 124 Å². The highest BCUT2D eigenvalue weighted by molar-refractivity contribution is 8.00. The molecule has 0 aromatic carbocycles. The summed E-state index contributed by atoms with van der Waals surface area (Å²) in [5.41, 5.74) is -0.965. The summed E-state index contributed by atoms with van der Waals surface area (Å²) in [5, 5.41) is 33.2. The van der Waals surface area contributed by atoms with Crippen LogP contribution >= 0.6 is 23.5 Å². The minimum Gasteiger partial charge on any atom is -0.391 e. The SMILES string of the molecule is CC1NCSC1C1CCC(CNC(=O)[C@@H]2C[C@@H](O)CN2C(=O)[C@@H](NC(=O)COCCOCCOCCNC(=O)C2CCC(COC[C@H](NC(=O)C3CCN(S(C)(=O)=O)C3)C(=O)NC3NC(C4CCCCC4)CS3)CC2)C(C)(C)C)CC1. The zero-order valence-corrected chi connectivity index (χ0v) is 51.2. The molecular formula is C56H97N9O13S3. The van der Waals surface area contributed by atoms with Gasteiger partial charge in [-0.1, -0.05) is 40.0 Å². The maximum Gasteiger partial charge on any atom is 0.246 e. The fourth-order valence-corrected chi connectivity index (χ4v) is 16.4. The van der Waals surface area contributed by atoms with Gasteiger partial charge in [-0.15, -0.1) is 23.5 Å². The molecule has 0 bridgehead atoms. The zero-order chi connectivity index (χ0) is 58.1. The molecule has 0 spiro atoms. The lowest BCUT2D eigenvalue weighted by atomic mass is 9.79. The van der Waals surface area contributed by atoms with Gasteiger partial charge in [-0.25, -0.2) is 12.7 Å². The Morgan fingerprint density at radius 1 is 0.741 bits per heavy atom. The first-order valence-electron chi connectivity index (χ1n) is 30.2. The Kier molecular flexibility index (Phi) is 26.0. The molecule has 462 valence electrons.